The lowest BCUT2D eigenvalue weighted by atomic mass is 10.4. The maximum Gasteiger partial charge on any atom is 0.136 e. The van der Waals surface area contributed by atoms with Crippen molar-refractivity contribution in [3.63, 3.8) is 0 Å². The second-order valence-corrected chi connectivity index (χ2v) is 3.14. The highest BCUT2D eigenvalue weighted by atomic mass is 15.1. The summed E-state index contributed by atoms with van der Waals surface area (Å²) in [4.78, 5) is 4.31. The van der Waals surface area contributed by atoms with Crippen molar-refractivity contribution >= 4 is 0 Å². The molecule has 0 bridgehead atoms. The Labute approximate surface area is 77.9 Å². The molecule has 0 aliphatic carbocycles. The molecule has 0 aliphatic rings. The zero-order valence-electron chi connectivity index (χ0n) is 7.86. The van der Waals surface area contributed by atoms with Crippen LogP contribution in [0.5, 0.6) is 0 Å². The highest BCUT2D eigenvalue weighted by Gasteiger charge is 2.02. The molecule has 0 aliphatic heterocycles. The quantitative estimate of drug-likeness (QED) is 0.646. The number of nitrogens with zero attached hydrogens (tertiary/aromatic N) is 2. The summed E-state index contributed by atoms with van der Waals surface area (Å²) in [5.41, 5.74) is 2.44. The largest absolute Gasteiger partial charge is 0.303 e. The number of pyridine rings is 1. The van der Waals surface area contributed by atoms with Gasteiger partial charge in [-0.15, -0.1) is 0 Å². The van der Waals surface area contributed by atoms with Crippen molar-refractivity contribution in [1.82, 2.24) is 9.55 Å². The lowest BCUT2D eigenvalue weighted by molar-refractivity contribution is 0.922. The van der Waals surface area contributed by atoms with Crippen molar-refractivity contribution < 1.29 is 0 Å². The van der Waals surface area contributed by atoms with Crippen LogP contribution in [0.3, 0.4) is 0 Å². The van der Waals surface area contributed by atoms with E-state index in [2.05, 4.69) is 35.5 Å². The van der Waals surface area contributed by atoms with Crippen LogP contribution < -0.4 is 0 Å². The third-order valence-corrected chi connectivity index (χ3v) is 2.15. The van der Waals surface area contributed by atoms with E-state index in [1.165, 1.54) is 11.4 Å². The second kappa shape index (κ2) is 3.05. The smallest absolute Gasteiger partial charge is 0.136 e. The van der Waals surface area contributed by atoms with E-state index in [4.69, 9.17) is 0 Å². The highest BCUT2D eigenvalue weighted by molar-refractivity contribution is 5.30. The van der Waals surface area contributed by atoms with Gasteiger partial charge in [-0.2, -0.15) is 0 Å². The van der Waals surface area contributed by atoms with Gasteiger partial charge in [-0.1, -0.05) is 6.07 Å². The second-order valence-electron chi connectivity index (χ2n) is 3.14. The third-order valence-electron chi connectivity index (χ3n) is 2.15. The van der Waals surface area contributed by atoms with Gasteiger partial charge in [0.15, 0.2) is 0 Å². The summed E-state index contributed by atoms with van der Waals surface area (Å²) >= 11 is 0. The van der Waals surface area contributed by atoms with Gasteiger partial charge < -0.3 is 4.57 Å². The monoisotopic (exact) mass is 172 g/mol. The summed E-state index contributed by atoms with van der Waals surface area (Å²) in [6.07, 6.45) is 1.81. The van der Waals surface area contributed by atoms with E-state index in [1.807, 2.05) is 24.4 Å². The molecular weight excluding hydrogens is 160 g/mol. The van der Waals surface area contributed by atoms with Crippen molar-refractivity contribution in [2.75, 3.05) is 0 Å². The van der Waals surface area contributed by atoms with Crippen LogP contribution in [0.2, 0.25) is 0 Å². The van der Waals surface area contributed by atoms with E-state index in [-0.39, 0.29) is 0 Å². The zero-order chi connectivity index (χ0) is 9.26. The molecule has 0 atom stereocenters. The van der Waals surface area contributed by atoms with Crippen LogP contribution in [0.25, 0.3) is 5.82 Å². The molecular formula is C11H12N2. The Kier molecular flexibility index (Phi) is 1.89. The van der Waals surface area contributed by atoms with E-state index in [1.54, 1.807) is 0 Å². The molecule has 0 saturated heterocycles. The topological polar surface area (TPSA) is 17.8 Å². The molecule has 0 unspecified atom stereocenters. The van der Waals surface area contributed by atoms with Crippen LogP contribution >= 0.6 is 0 Å². The fourth-order valence-electron chi connectivity index (χ4n) is 1.52. The molecule has 13 heavy (non-hydrogen) atoms. The van der Waals surface area contributed by atoms with Gasteiger partial charge in [-0.3, -0.25) is 0 Å². The standard InChI is InChI=1S/C11H12N2/c1-9-6-7-10(2)13(9)11-5-3-4-8-12-11/h3-8H,1-2H3. The van der Waals surface area contributed by atoms with Crippen LogP contribution in [0.1, 0.15) is 11.4 Å². The molecule has 0 fully saturated rings. The van der Waals surface area contributed by atoms with Crippen LogP contribution in [-0.2, 0) is 0 Å². The van der Waals surface area contributed by atoms with Gasteiger partial charge in [0.1, 0.15) is 5.82 Å². The zero-order valence-corrected chi connectivity index (χ0v) is 7.86. The van der Waals surface area contributed by atoms with Gasteiger partial charge in [0.05, 0.1) is 0 Å². The van der Waals surface area contributed by atoms with E-state index in [0.717, 1.165) is 5.82 Å². The van der Waals surface area contributed by atoms with Gasteiger partial charge in [0, 0.05) is 17.6 Å². The SMILES string of the molecule is Cc1ccc(C)n1-c1ccccn1. The normalized spacial score (nSPS) is 10.3. The van der Waals surface area contributed by atoms with Crippen molar-refractivity contribution in [3.05, 3.63) is 47.9 Å². The predicted octanol–water partition coefficient (Wildman–Crippen LogP) is 2.49. The number of rotatable bonds is 1. The highest BCUT2D eigenvalue weighted by Crippen LogP contribution is 2.12. The van der Waals surface area contributed by atoms with Gasteiger partial charge in [0.25, 0.3) is 0 Å². The van der Waals surface area contributed by atoms with Crippen LogP contribution in [-0.4, -0.2) is 9.55 Å². The number of aryl methyl sites for hydroxylation is 2. The van der Waals surface area contributed by atoms with Gasteiger partial charge in [-0.05, 0) is 38.1 Å². The van der Waals surface area contributed by atoms with Gasteiger partial charge in [-0.25, -0.2) is 4.98 Å². The number of hydrogen-bond donors (Lipinski definition) is 0. The maximum atomic E-state index is 4.31. The summed E-state index contributed by atoms with van der Waals surface area (Å²) in [7, 11) is 0. The van der Waals surface area contributed by atoms with Gasteiger partial charge >= 0.3 is 0 Å². The van der Waals surface area contributed by atoms with Crippen LogP contribution in [0.4, 0.5) is 0 Å². The molecule has 2 nitrogen and oxygen atoms in total. The summed E-state index contributed by atoms with van der Waals surface area (Å²) in [5, 5.41) is 0. The minimum Gasteiger partial charge on any atom is -0.303 e. The van der Waals surface area contributed by atoms with Crippen LogP contribution in [0, 0.1) is 13.8 Å². The van der Waals surface area contributed by atoms with E-state index in [9.17, 15) is 0 Å². The summed E-state index contributed by atoms with van der Waals surface area (Å²) in [5.74, 6) is 0.988. The Morgan fingerprint density at radius 1 is 1.00 bits per heavy atom. The molecule has 66 valence electrons. The number of aromatic nitrogens is 2. The van der Waals surface area contributed by atoms with Crippen molar-refractivity contribution in [1.29, 1.82) is 0 Å². The Balaban J connectivity index is 2.59. The molecule has 0 amide bonds. The van der Waals surface area contributed by atoms with E-state index >= 15 is 0 Å². The first-order valence-corrected chi connectivity index (χ1v) is 4.35. The van der Waals surface area contributed by atoms with Crippen molar-refractivity contribution in [2.45, 2.75) is 13.8 Å². The third kappa shape index (κ3) is 1.35. The average Bonchev–Trinajstić information content (AvgIpc) is 2.48. The lowest BCUT2D eigenvalue weighted by Gasteiger charge is -2.06. The Hall–Kier alpha value is -1.57. The minimum atomic E-state index is 0.988. The Bertz CT molecular complexity index is 382. The summed E-state index contributed by atoms with van der Waals surface area (Å²) < 4.78 is 2.14. The molecule has 2 aromatic heterocycles. The summed E-state index contributed by atoms with van der Waals surface area (Å²) in [6.45, 7) is 4.17. The fraction of sp³-hybridized carbons (Fsp3) is 0.182. The van der Waals surface area contributed by atoms with E-state index < -0.39 is 0 Å². The average molecular weight is 172 g/mol. The fourth-order valence-corrected chi connectivity index (χ4v) is 1.52. The molecule has 0 radical (unpaired) electrons. The van der Waals surface area contributed by atoms with Crippen molar-refractivity contribution in [2.24, 2.45) is 0 Å². The molecule has 0 aromatic carbocycles. The molecule has 2 heteroatoms. The molecule has 0 N–H and O–H groups in total. The minimum absolute atomic E-state index is 0.988. The Morgan fingerprint density at radius 3 is 2.23 bits per heavy atom. The molecule has 0 spiro atoms. The summed E-state index contributed by atoms with van der Waals surface area (Å²) in [6, 6.07) is 10.1. The first-order chi connectivity index (χ1) is 6.29. The first kappa shape index (κ1) is 8.05. The molecule has 2 aromatic rings. The predicted molar refractivity (Wildman–Crippen MR) is 53.0 cm³/mol. The van der Waals surface area contributed by atoms with Crippen LogP contribution in [0.15, 0.2) is 36.5 Å². The number of hydrogen-bond acceptors (Lipinski definition) is 1. The van der Waals surface area contributed by atoms with E-state index in [0.29, 0.717) is 0 Å². The molecule has 2 heterocycles. The Morgan fingerprint density at radius 2 is 1.69 bits per heavy atom. The lowest BCUT2D eigenvalue weighted by Crippen LogP contribution is -2.00. The van der Waals surface area contributed by atoms with Gasteiger partial charge in [0.2, 0.25) is 0 Å². The maximum absolute atomic E-state index is 4.31. The molecule has 0 saturated carbocycles. The first-order valence-electron chi connectivity index (χ1n) is 4.35. The molecule has 2 rings (SSSR count). The van der Waals surface area contributed by atoms with Crippen molar-refractivity contribution in [3.8, 4) is 5.82 Å².